The van der Waals surface area contributed by atoms with Crippen LogP contribution in [-0.4, -0.2) is 32.8 Å². The number of nitro benzene ring substituents is 1. The number of hydrogen-bond donors (Lipinski definition) is 2. The molecule has 1 atom stereocenters. The fourth-order valence-corrected chi connectivity index (χ4v) is 3.73. The van der Waals surface area contributed by atoms with Gasteiger partial charge in [-0.2, -0.15) is 0 Å². The summed E-state index contributed by atoms with van der Waals surface area (Å²) in [6.45, 7) is 0. The summed E-state index contributed by atoms with van der Waals surface area (Å²) in [7, 11) is 0. The summed E-state index contributed by atoms with van der Waals surface area (Å²) in [5.74, 6) is -3.54. The number of aromatic carboxylic acids is 1. The van der Waals surface area contributed by atoms with Gasteiger partial charge in [0.2, 0.25) is 0 Å². The van der Waals surface area contributed by atoms with Crippen molar-refractivity contribution in [3.05, 3.63) is 111 Å². The molecule has 9 heteroatoms. The lowest BCUT2D eigenvalue weighted by Crippen LogP contribution is -2.29. The predicted octanol–water partition coefficient (Wildman–Crippen LogP) is 3.92. The minimum atomic E-state index is -1.22. The first-order chi connectivity index (χ1) is 15.8. The third-order valence-electron chi connectivity index (χ3n) is 5.28. The van der Waals surface area contributed by atoms with Gasteiger partial charge in [0.25, 0.3) is 17.4 Å². The first-order valence-electron chi connectivity index (χ1n) is 9.73. The molecule has 164 valence electrons. The average molecular weight is 444 g/mol. The normalized spacial score (nSPS) is 17.2. The van der Waals surface area contributed by atoms with E-state index in [1.807, 2.05) is 0 Å². The standard InChI is InChI=1S/C24H16N2O7/c27-21(15-5-2-1-3-6-15)19-20(14-9-11-17(12-10-14)26(32)33)25(23(29)22(19)28)18-8-4-7-16(13-18)24(30)31/h1-13,20,27H,(H,30,31)/b21-19+/t20-/m1/s1. The van der Waals surface area contributed by atoms with Crippen LogP contribution in [0.3, 0.4) is 0 Å². The molecule has 0 spiro atoms. The molecule has 3 aromatic rings. The van der Waals surface area contributed by atoms with Crippen LogP contribution in [0, 0.1) is 10.1 Å². The summed E-state index contributed by atoms with van der Waals surface area (Å²) < 4.78 is 0. The van der Waals surface area contributed by atoms with E-state index >= 15 is 0 Å². The predicted molar refractivity (Wildman–Crippen MR) is 118 cm³/mol. The van der Waals surface area contributed by atoms with Crippen LogP contribution in [-0.2, 0) is 9.59 Å². The summed E-state index contributed by atoms with van der Waals surface area (Å²) in [4.78, 5) is 49.1. The molecule has 1 heterocycles. The van der Waals surface area contributed by atoms with Crippen molar-refractivity contribution in [1.29, 1.82) is 0 Å². The first-order valence-corrected chi connectivity index (χ1v) is 9.73. The fourth-order valence-electron chi connectivity index (χ4n) is 3.73. The van der Waals surface area contributed by atoms with Crippen LogP contribution in [0.25, 0.3) is 5.76 Å². The van der Waals surface area contributed by atoms with Gasteiger partial charge in [-0.3, -0.25) is 24.6 Å². The van der Waals surface area contributed by atoms with Gasteiger partial charge < -0.3 is 10.2 Å². The van der Waals surface area contributed by atoms with Crippen molar-refractivity contribution in [1.82, 2.24) is 0 Å². The zero-order valence-corrected chi connectivity index (χ0v) is 16.9. The molecule has 1 aliphatic heterocycles. The summed E-state index contributed by atoms with van der Waals surface area (Å²) in [5, 5.41) is 31.4. The Hall–Kier alpha value is -4.79. The number of nitro groups is 1. The third-order valence-corrected chi connectivity index (χ3v) is 5.28. The number of nitrogens with zero attached hydrogens (tertiary/aromatic N) is 2. The van der Waals surface area contributed by atoms with Gasteiger partial charge in [-0.05, 0) is 35.9 Å². The molecule has 1 saturated heterocycles. The van der Waals surface area contributed by atoms with Gasteiger partial charge in [0.15, 0.2) is 0 Å². The van der Waals surface area contributed by atoms with Crippen molar-refractivity contribution in [2.24, 2.45) is 0 Å². The van der Waals surface area contributed by atoms with Gasteiger partial charge in [0.1, 0.15) is 5.76 Å². The Labute approximate surface area is 187 Å². The van der Waals surface area contributed by atoms with Crippen LogP contribution in [0.2, 0.25) is 0 Å². The van der Waals surface area contributed by atoms with Crippen molar-refractivity contribution < 1.29 is 29.5 Å². The Kier molecular flexibility index (Phi) is 5.45. The van der Waals surface area contributed by atoms with Crippen molar-refractivity contribution >= 4 is 34.8 Å². The molecule has 33 heavy (non-hydrogen) atoms. The highest BCUT2D eigenvalue weighted by atomic mass is 16.6. The molecule has 0 saturated carbocycles. The number of carboxylic acids is 1. The number of rotatable bonds is 5. The Morgan fingerprint density at radius 1 is 0.879 bits per heavy atom. The fraction of sp³-hybridized carbons (Fsp3) is 0.0417. The summed E-state index contributed by atoms with van der Waals surface area (Å²) in [6, 6.07) is 17.8. The number of non-ortho nitro benzene ring substituents is 1. The van der Waals surface area contributed by atoms with Crippen molar-refractivity contribution in [2.45, 2.75) is 6.04 Å². The smallest absolute Gasteiger partial charge is 0.335 e. The van der Waals surface area contributed by atoms with Crippen LogP contribution >= 0.6 is 0 Å². The van der Waals surface area contributed by atoms with Gasteiger partial charge >= 0.3 is 5.97 Å². The largest absolute Gasteiger partial charge is 0.507 e. The number of aliphatic hydroxyl groups excluding tert-OH is 1. The monoisotopic (exact) mass is 444 g/mol. The second kappa shape index (κ2) is 8.39. The Bertz CT molecular complexity index is 1310. The molecule has 3 aromatic carbocycles. The molecule has 0 aliphatic carbocycles. The van der Waals surface area contributed by atoms with E-state index in [0.29, 0.717) is 11.1 Å². The molecule has 1 fully saturated rings. The van der Waals surface area contributed by atoms with E-state index in [1.54, 1.807) is 30.3 Å². The molecule has 0 radical (unpaired) electrons. The molecule has 1 amide bonds. The molecule has 0 aromatic heterocycles. The van der Waals surface area contributed by atoms with Crippen LogP contribution in [0.15, 0.2) is 84.4 Å². The molecular weight excluding hydrogens is 428 g/mol. The van der Waals surface area contributed by atoms with E-state index in [-0.39, 0.29) is 22.5 Å². The van der Waals surface area contributed by atoms with Crippen molar-refractivity contribution in [3.8, 4) is 0 Å². The number of carbonyl (C=O) groups excluding carboxylic acids is 2. The van der Waals surface area contributed by atoms with Gasteiger partial charge in [0, 0.05) is 23.4 Å². The number of benzene rings is 3. The number of Topliss-reactive ketones (excluding diaryl/α,β-unsaturated/α-hetero) is 1. The lowest BCUT2D eigenvalue weighted by molar-refractivity contribution is -0.384. The number of carboxylic acid groups (broad SMARTS) is 1. The zero-order chi connectivity index (χ0) is 23.7. The molecule has 2 N–H and O–H groups in total. The van der Waals surface area contributed by atoms with E-state index in [2.05, 4.69) is 0 Å². The van der Waals surface area contributed by atoms with Crippen LogP contribution in [0.4, 0.5) is 11.4 Å². The van der Waals surface area contributed by atoms with E-state index in [1.165, 1.54) is 48.5 Å². The lowest BCUT2D eigenvalue weighted by Gasteiger charge is -2.25. The third kappa shape index (κ3) is 3.83. The van der Waals surface area contributed by atoms with E-state index in [9.17, 15) is 34.7 Å². The lowest BCUT2D eigenvalue weighted by atomic mass is 9.95. The summed E-state index contributed by atoms with van der Waals surface area (Å²) >= 11 is 0. The van der Waals surface area contributed by atoms with E-state index < -0.39 is 34.4 Å². The number of aliphatic hydroxyl groups is 1. The number of carbonyl (C=O) groups is 3. The van der Waals surface area contributed by atoms with Crippen molar-refractivity contribution in [3.63, 3.8) is 0 Å². The summed E-state index contributed by atoms with van der Waals surface area (Å²) in [5.41, 5.74) is 0.277. The zero-order valence-electron chi connectivity index (χ0n) is 16.9. The van der Waals surface area contributed by atoms with Crippen LogP contribution in [0.5, 0.6) is 0 Å². The SMILES string of the molecule is O=C1C(=O)N(c2cccc(C(=O)O)c2)[C@H](c2ccc([N+](=O)[O-])cc2)/C1=C(\O)c1ccccc1. The Morgan fingerprint density at radius 3 is 2.12 bits per heavy atom. The Balaban J connectivity index is 1.94. The molecular formula is C24H16N2O7. The van der Waals surface area contributed by atoms with E-state index in [0.717, 1.165) is 4.90 Å². The van der Waals surface area contributed by atoms with Crippen LogP contribution in [0.1, 0.15) is 27.5 Å². The second-order valence-corrected chi connectivity index (χ2v) is 7.24. The van der Waals surface area contributed by atoms with Gasteiger partial charge in [-0.1, -0.05) is 36.4 Å². The van der Waals surface area contributed by atoms with Gasteiger partial charge in [-0.15, -0.1) is 0 Å². The van der Waals surface area contributed by atoms with E-state index in [4.69, 9.17) is 0 Å². The first kappa shape index (κ1) is 21.4. The maximum atomic E-state index is 13.1. The number of anilines is 1. The van der Waals surface area contributed by atoms with Gasteiger partial charge in [0.05, 0.1) is 22.1 Å². The minimum absolute atomic E-state index is 0.0973. The minimum Gasteiger partial charge on any atom is -0.507 e. The number of hydrogen-bond acceptors (Lipinski definition) is 6. The molecule has 9 nitrogen and oxygen atoms in total. The van der Waals surface area contributed by atoms with Gasteiger partial charge in [-0.25, -0.2) is 4.79 Å². The maximum absolute atomic E-state index is 13.1. The average Bonchev–Trinajstić information content (AvgIpc) is 3.09. The molecule has 0 bridgehead atoms. The summed E-state index contributed by atoms with van der Waals surface area (Å²) in [6.07, 6.45) is 0. The molecule has 1 aliphatic rings. The Morgan fingerprint density at radius 2 is 1.52 bits per heavy atom. The second-order valence-electron chi connectivity index (χ2n) is 7.24. The van der Waals surface area contributed by atoms with Crippen molar-refractivity contribution in [2.75, 3.05) is 4.90 Å². The molecule has 4 rings (SSSR count). The topological polar surface area (TPSA) is 138 Å². The number of amides is 1. The molecule has 0 unspecified atom stereocenters. The quantitative estimate of drug-likeness (QED) is 0.200. The number of ketones is 1. The highest BCUT2D eigenvalue weighted by molar-refractivity contribution is 6.51. The maximum Gasteiger partial charge on any atom is 0.335 e. The highest BCUT2D eigenvalue weighted by Crippen LogP contribution is 2.42. The van der Waals surface area contributed by atoms with Crippen LogP contribution < -0.4 is 4.90 Å². The highest BCUT2D eigenvalue weighted by Gasteiger charge is 2.47.